The lowest BCUT2D eigenvalue weighted by molar-refractivity contribution is 0.0460. The molecule has 6 heteroatoms. The van der Waals surface area contributed by atoms with E-state index in [1.165, 1.54) is 11.1 Å². The van der Waals surface area contributed by atoms with Crippen molar-refractivity contribution in [1.82, 2.24) is 0 Å². The van der Waals surface area contributed by atoms with Crippen molar-refractivity contribution in [3.05, 3.63) is 70.8 Å². The molecule has 0 aromatic heterocycles. The van der Waals surface area contributed by atoms with Crippen LogP contribution in [0.15, 0.2) is 49.1 Å². The highest BCUT2D eigenvalue weighted by Crippen LogP contribution is 2.46. The van der Waals surface area contributed by atoms with Gasteiger partial charge in [0.25, 0.3) is 0 Å². The highest BCUT2D eigenvalue weighted by Gasteiger charge is 2.44. The normalized spacial score (nSPS) is 26.9. The van der Waals surface area contributed by atoms with E-state index in [9.17, 15) is 15.0 Å². The number of aliphatic hydroxyl groups excluding tert-OH is 1. The number of ether oxygens (including phenoxy) is 1. The maximum absolute atomic E-state index is 11.7. The average Bonchev–Trinajstić information content (AvgIpc) is 2.93. The van der Waals surface area contributed by atoms with Gasteiger partial charge in [0.1, 0.15) is 5.75 Å². The lowest BCUT2D eigenvalue weighted by Gasteiger charge is -2.45. The smallest absolute Gasteiger partial charge is 0.335 e. The van der Waals surface area contributed by atoms with E-state index in [0.717, 1.165) is 61.7 Å². The number of aryl methyl sites for hydroxylation is 1. The molecule has 0 radical (unpaired) electrons. The second kappa shape index (κ2) is 8.69. The topological polar surface area (TPSA) is 70.0 Å². The minimum absolute atomic E-state index is 0.186. The summed E-state index contributed by atoms with van der Waals surface area (Å²) in [7, 11) is 0. The zero-order chi connectivity index (χ0) is 23.2. The quantitative estimate of drug-likeness (QED) is 0.600. The SMILES string of the molecule is C=C[C@H](O)C1CCC1CN1CC2(CCCc3cc(Cl)ccc32)COc2ccc(C(=O)O)cc21. The molecule has 3 unspecified atom stereocenters. The van der Waals surface area contributed by atoms with Crippen LogP contribution in [0.3, 0.4) is 0 Å². The zero-order valence-corrected chi connectivity index (χ0v) is 19.4. The Morgan fingerprint density at radius 2 is 2.15 bits per heavy atom. The molecule has 1 aliphatic heterocycles. The molecule has 2 aliphatic carbocycles. The Morgan fingerprint density at radius 3 is 2.88 bits per heavy atom. The number of hydrogen-bond donors (Lipinski definition) is 2. The fraction of sp³-hybridized carbons (Fsp3) is 0.444. The van der Waals surface area contributed by atoms with Crippen LogP contribution in [0.2, 0.25) is 5.02 Å². The summed E-state index contributed by atoms with van der Waals surface area (Å²) < 4.78 is 6.39. The van der Waals surface area contributed by atoms with Crippen LogP contribution in [0.4, 0.5) is 5.69 Å². The maximum atomic E-state index is 11.7. The molecular formula is C27H30ClNO4. The number of carboxylic acid groups (broad SMARTS) is 1. The third kappa shape index (κ3) is 4.02. The van der Waals surface area contributed by atoms with E-state index in [-0.39, 0.29) is 16.9 Å². The summed E-state index contributed by atoms with van der Waals surface area (Å²) in [4.78, 5) is 14.0. The Balaban J connectivity index is 1.55. The van der Waals surface area contributed by atoms with Crippen molar-refractivity contribution < 1.29 is 19.7 Å². The number of rotatable bonds is 5. The Hall–Kier alpha value is -2.50. The number of aliphatic hydroxyl groups is 1. The molecule has 1 spiro atoms. The van der Waals surface area contributed by atoms with Gasteiger partial charge in [0.05, 0.1) is 24.0 Å². The predicted octanol–water partition coefficient (Wildman–Crippen LogP) is 5.08. The largest absolute Gasteiger partial charge is 0.490 e. The van der Waals surface area contributed by atoms with Crippen molar-refractivity contribution >= 4 is 23.3 Å². The molecule has 5 nitrogen and oxygen atoms in total. The van der Waals surface area contributed by atoms with Crippen LogP contribution in [0, 0.1) is 11.8 Å². The van der Waals surface area contributed by atoms with Gasteiger partial charge < -0.3 is 19.8 Å². The van der Waals surface area contributed by atoms with Crippen molar-refractivity contribution in [3.63, 3.8) is 0 Å². The molecule has 1 fully saturated rings. The Bertz CT molecular complexity index is 1090. The van der Waals surface area contributed by atoms with Crippen molar-refractivity contribution in [2.24, 2.45) is 11.8 Å². The molecule has 1 heterocycles. The average molecular weight is 468 g/mol. The monoisotopic (exact) mass is 467 g/mol. The molecular weight excluding hydrogens is 438 g/mol. The predicted molar refractivity (Wildman–Crippen MR) is 130 cm³/mol. The second-order valence-corrected chi connectivity index (χ2v) is 10.3. The van der Waals surface area contributed by atoms with E-state index in [0.29, 0.717) is 12.5 Å². The number of fused-ring (bicyclic) bond motifs is 3. The first kappa shape index (κ1) is 22.3. The molecule has 0 amide bonds. The van der Waals surface area contributed by atoms with Gasteiger partial charge >= 0.3 is 5.97 Å². The Labute approximate surface area is 199 Å². The number of anilines is 1. The first-order valence-electron chi connectivity index (χ1n) is 11.7. The third-order valence-electron chi connectivity index (χ3n) is 7.90. The van der Waals surface area contributed by atoms with Gasteiger partial charge in [0, 0.05) is 23.5 Å². The summed E-state index contributed by atoms with van der Waals surface area (Å²) in [6.07, 6.45) is 6.20. The number of nitrogens with zero attached hydrogens (tertiary/aromatic N) is 1. The van der Waals surface area contributed by atoms with Gasteiger partial charge in [0.15, 0.2) is 0 Å². The number of carboxylic acids is 1. The third-order valence-corrected chi connectivity index (χ3v) is 8.13. The molecule has 5 rings (SSSR count). The van der Waals surface area contributed by atoms with Gasteiger partial charge in [-0.2, -0.15) is 0 Å². The standard InChI is InChI=1S/C27H30ClNO4/c1-2-24(30)21-8-5-19(21)14-29-15-27(11-3-4-17-12-20(28)7-9-22(17)27)16-33-25-10-6-18(26(31)32)13-23(25)29/h2,6-7,9-10,12-13,19,21,24,30H,1,3-5,8,11,14-16H2,(H,31,32)/t19?,21?,24-,27?/m0/s1. The minimum atomic E-state index is -0.946. The van der Waals surface area contributed by atoms with E-state index in [1.54, 1.807) is 24.3 Å². The van der Waals surface area contributed by atoms with Gasteiger partial charge in [-0.1, -0.05) is 23.7 Å². The molecule has 4 atom stereocenters. The number of aromatic carboxylic acids is 1. The van der Waals surface area contributed by atoms with Gasteiger partial charge in [-0.05, 0) is 85.4 Å². The van der Waals surface area contributed by atoms with Crippen LogP contribution in [0.5, 0.6) is 5.75 Å². The molecule has 0 bridgehead atoms. The lowest BCUT2D eigenvalue weighted by atomic mass is 9.68. The van der Waals surface area contributed by atoms with Gasteiger partial charge in [-0.3, -0.25) is 0 Å². The summed E-state index contributed by atoms with van der Waals surface area (Å²) in [5.41, 5.74) is 3.44. The zero-order valence-electron chi connectivity index (χ0n) is 18.7. The Morgan fingerprint density at radius 1 is 1.30 bits per heavy atom. The van der Waals surface area contributed by atoms with Gasteiger partial charge in [-0.15, -0.1) is 6.58 Å². The van der Waals surface area contributed by atoms with Crippen molar-refractivity contribution in [1.29, 1.82) is 0 Å². The number of benzene rings is 2. The molecule has 3 aliphatic rings. The van der Waals surface area contributed by atoms with Crippen LogP contribution < -0.4 is 9.64 Å². The van der Waals surface area contributed by atoms with Crippen LogP contribution in [0.25, 0.3) is 0 Å². The van der Waals surface area contributed by atoms with E-state index in [2.05, 4.69) is 23.6 Å². The highest BCUT2D eigenvalue weighted by atomic mass is 35.5. The lowest BCUT2D eigenvalue weighted by Crippen LogP contribution is -2.49. The highest BCUT2D eigenvalue weighted by molar-refractivity contribution is 6.30. The van der Waals surface area contributed by atoms with Gasteiger partial charge in [0.2, 0.25) is 0 Å². The molecule has 174 valence electrons. The van der Waals surface area contributed by atoms with E-state index < -0.39 is 12.1 Å². The minimum Gasteiger partial charge on any atom is -0.490 e. The molecule has 0 saturated heterocycles. The summed E-state index contributed by atoms with van der Waals surface area (Å²) in [5.74, 6) is 0.282. The molecule has 33 heavy (non-hydrogen) atoms. The molecule has 1 saturated carbocycles. The van der Waals surface area contributed by atoms with Crippen LogP contribution >= 0.6 is 11.6 Å². The Kier molecular flexibility index (Phi) is 5.87. The molecule has 2 aromatic rings. The summed E-state index contributed by atoms with van der Waals surface area (Å²) in [6, 6.07) is 11.3. The van der Waals surface area contributed by atoms with E-state index in [4.69, 9.17) is 16.3 Å². The fourth-order valence-corrected chi connectivity index (χ4v) is 6.17. The van der Waals surface area contributed by atoms with Crippen LogP contribution in [-0.4, -0.2) is 42.0 Å². The fourth-order valence-electron chi connectivity index (χ4n) is 5.98. The van der Waals surface area contributed by atoms with E-state index >= 15 is 0 Å². The molecule has 2 N–H and O–H groups in total. The van der Waals surface area contributed by atoms with Crippen molar-refractivity contribution in [2.75, 3.05) is 24.6 Å². The summed E-state index contributed by atoms with van der Waals surface area (Å²) >= 11 is 6.31. The first-order valence-corrected chi connectivity index (χ1v) is 12.1. The summed E-state index contributed by atoms with van der Waals surface area (Å²) in [5, 5.41) is 20.8. The maximum Gasteiger partial charge on any atom is 0.335 e. The van der Waals surface area contributed by atoms with Crippen LogP contribution in [0.1, 0.15) is 47.2 Å². The number of hydrogen-bond acceptors (Lipinski definition) is 4. The van der Waals surface area contributed by atoms with Gasteiger partial charge in [-0.25, -0.2) is 4.79 Å². The molecule has 2 aromatic carbocycles. The number of halogens is 1. The second-order valence-electron chi connectivity index (χ2n) is 9.82. The van der Waals surface area contributed by atoms with Crippen molar-refractivity contribution in [2.45, 2.75) is 43.6 Å². The van der Waals surface area contributed by atoms with Crippen LogP contribution in [-0.2, 0) is 11.8 Å². The van der Waals surface area contributed by atoms with E-state index in [1.807, 2.05) is 6.07 Å². The first-order chi connectivity index (χ1) is 15.9. The summed E-state index contributed by atoms with van der Waals surface area (Å²) in [6.45, 7) is 5.80. The number of carbonyl (C=O) groups is 1. The van der Waals surface area contributed by atoms with Crippen molar-refractivity contribution in [3.8, 4) is 5.75 Å².